The number of hydrogen-bond acceptors (Lipinski definition) is 3. The van der Waals surface area contributed by atoms with Gasteiger partial charge in [-0.25, -0.2) is 0 Å². The third kappa shape index (κ3) is 5.80. The molecule has 3 N–H and O–H groups in total. The summed E-state index contributed by atoms with van der Waals surface area (Å²) in [4.78, 5) is 13.8. The highest BCUT2D eigenvalue weighted by molar-refractivity contribution is 5.92. The molecule has 1 unspecified atom stereocenters. The van der Waals surface area contributed by atoms with Crippen LogP contribution in [-0.4, -0.2) is 37.0 Å². The van der Waals surface area contributed by atoms with Gasteiger partial charge >= 0.3 is 0 Å². The fourth-order valence-electron chi connectivity index (χ4n) is 1.67. The summed E-state index contributed by atoms with van der Waals surface area (Å²) >= 11 is 0. The lowest BCUT2D eigenvalue weighted by Crippen LogP contribution is -2.33. The molecule has 0 aromatic heterocycles. The monoisotopic (exact) mass is 249 g/mol. The molecule has 0 spiro atoms. The molecule has 4 nitrogen and oxygen atoms in total. The maximum atomic E-state index is 11.8. The molecule has 0 radical (unpaired) electrons. The summed E-state index contributed by atoms with van der Waals surface area (Å²) in [5, 5.41) is 2.89. The Morgan fingerprint density at radius 3 is 2.83 bits per heavy atom. The standard InChI is InChI=1S/C14H23N3O/c1-11-5-4-6-13(9-11)16-14(18)10-17(3)8-7-12(2)15/h4-6,9,12H,7-8,10,15H2,1-3H3,(H,16,18). The number of amides is 1. The summed E-state index contributed by atoms with van der Waals surface area (Å²) in [5.41, 5.74) is 7.67. The van der Waals surface area contributed by atoms with Gasteiger partial charge in [-0.2, -0.15) is 0 Å². The molecular weight excluding hydrogens is 226 g/mol. The van der Waals surface area contributed by atoms with E-state index in [-0.39, 0.29) is 11.9 Å². The van der Waals surface area contributed by atoms with Crippen molar-refractivity contribution >= 4 is 11.6 Å². The molecule has 1 amide bonds. The number of nitrogens with two attached hydrogens (primary N) is 1. The third-order valence-corrected chi connectivity index (χ3v) is 2.68. The highest BCUT2D eigenvalue weighted by Crippen LogP contribution is 2.09. The number of nitrogens with zero attached hydrogens (tertiary/aromatic N) is 1. The predicted molar refractivity (Wildman–Crippen MR) is 75.6 cm³/mol. The largest absolute Gasteiger partial charge is 0.328 e. The minimum absolute atomic E-state index is 0.00720. The van der Waals surface area contributed by atoms with E-state index in [9.17, 15) is 4.79 Å². The lowest BCUT2D eigenvalue weighted by atomic mass is 10.2. The molecule has 0 bridgehead atoms. The number of likely N-dealkylation sites (N-methyl/N-ethyl adjacent to an activating group) is 1. The maximum absolute atomic E-state index is 11.8. The van der Waals surface area contributed by atoms with E-state index in [1.807, 2.05) is 50.1 Å². The number of rotatable bonds is 6. The zero-order valence-corrected chi connectivity index (χ0v) is 11.4. The van der Waals surface area contributed by atoms with Gasteiger partial charge in [-0.15, -0.1) is 0 Å². The van der Waals surface area contributed by atoms with Gasteiger partial charge in [0.1, 0.15) is 0 Å². The Kier molecular flexibility index (Phi) is 5.82. The molecule has 0 aliphatic carbocycles. The molecule has 0 aliphatic rings. The van der Waals surface area contributed by atoms with Crippen LogP contribution in [0.2, 0.25) is 0 Å². The number of anilines is 1. The number of aryl methyl sites for hydroxylation is 1. The molecule has 1 rings (SSSR count). The molecule has 1 aromatic rings. The molecule has 0 saturated carbocycles. The van der Waals surface area contributed by atoms with E-state index in [1.165, 1.54) is 0 Å². The summed E-state index contributed by atoms with van der Waals surface area (Å²) < 4.78 is 0. The van der Waals surface area contributed by atoms with Crippen molar-refractivity contribution in [2.24, 2.45) is 5.73 Å². The smallest absolute Gasteiger partial charge is 0.238 e. The van der Waals surface area contributed by atoms with Crippen molar-refractivity contribution in [3.63, 3.8) is 0 Å². The van der Waals surface area contributed by atoms with Crippen molar-refractivity contribution in [1.82, 2.24) is 4.90 Å². The van der Waals surface area contributed by atoms with Crippen LogP contribution in [0.4, 0.5) is 5.69 Å². The second kappa shape index (κ2) is 7.13. The van der Waals surface area contributed by atoms with Gasteiger partial charge in [0.05, 0.1) is 6.54 Å². The first-order chi connectivity index (χ1) is 8.47. The van der Waals surface area contributed by atoms with Crippen molar-refractivity contribution in [2.75, 3.05) is 25.5 Å². The fraction of sp³-hybridized carbons (Fsp3) is 0.500. The van der Waals surface area contributed by atoms with E-state index in [1.54, 1.807) is 0 Å². The molecule has 100 valence electrons. The topological polar surface area (TPSA) is 58.4 Å². The molecule has 1 atom stereocenters. The van der Waals surface area contributed by atoms with Gasteiger partial charge in [0, 0.05) is 11.7 Å². The van der Waals surface area contributed by atoms with Crippen LogP contribution in [0.25, 0.3) is 0 Å². The Morgan fingerprint density at radius 1 is 1.50 bits per heavy atom. The highest BCUT2D eigenvalue weighted by Gasteiger charge is 2.07. The van der Waals surface area contributed by atoms with Crippen molar-refractivity contribution in [2.45, 2.75) is 26.3 Å². The van der Waals surface area contributed by atoms with Crippen LogP contribution in [0.5, 0.6) is 0 Å². The first kappa shape index (κ1) is 14.7. The van der Waals surface area contributed by atoms with Crippen molar-refractivity contribution < 1.29 is 4.79 Å². The fourth-order valence-corrected chi connectivity index (χ4v) is 1.67. The Bertz CT molecular complexity index is 390. The molecule has 0 heterocycles. The minimum atomic E-state index is 0.00720. The van der Waals surface area contributed by atoms with Crippen LogP contribution in [0, 0.1) is 6.92 Å². The van der Waals surface area contributed by atoms with Crippen LogP contribution < -0.4 is 11.1 Å². The average Bonchev–Trinajstić information content (AvgIpc) is 2.26. The lowest BCUT2D eigenvalue weighted by molar-refractivity contribution is -0.117. The summed E-state index contributed by atoms with van der Waals surface area (Å²) in [5.74, 6) is 0.00720. The molecule has 0 fully saturated rings. The number of benzene rings is 1. The Labute approximate surface area is 109 Å². The summed E-state index contributed by atoms with van der Waals surface area (Å²) in [6, 6.07) is 7.97. The van der Waals surface area contributed by atoms with Crippen LogP contribution in [0.1, 0.15) is 18.9 Å². The summed E-state index contributed by atoms with van der Waals surface area (Å²) in [6.07, 6.45) is 0.897. The molecule has 1 aromatic carbocycles. The zero-order valence-electron chi connectivity index (χ0n) is 11.4. The number of hydrogen-bond donors (Lipinski definition) is 2. The lowest BCUT2D eigenvalue weighted by Gasteiger charge is -2.17. The second-order valence-corrected chi connectivity index (χ2v) is 4.92. The van der Waals surface area contributed by atoms with E-state index >= 15 is 0 Å². The quantitative estimate of drug-likeness (QED) is 0.805. The van der Waals surface area contributed by atoms with E-state index in [2.05, 4.69) is 5.32 Å². The van der Waals surface area contributed by atoms with E-state index in [0.29, 0.717) is 6.54 Å². The molecule has 0 saturated heterocycles. The SMILES string of the molecule is Cc1cccc(NC(=O)CN(C)CCC(C)N)c1. The highest BCUT2D eigenvalue weighted by atomic mass is 16.2. The molecular formula is C14H23N3O. The molecule has 0 aliphatic heterocycles. The van der Waals surface area contributed by atoms with Gasteiger partial charge in [-0.05, 0) is 51.6 Å². The summed E-state index contributed by atoms with van der Waals surface area (Å²) in [6.45, 7) is 5.20. The normalized spacial score (nSPS) is 12.5. The first-order valence-corrected chi connectivity index (χ1v) is 6.28. The van der Waals surface area contributed by atoms with Gasteiger partial charge < -0.3 is 11.1 Å². The van der Waals surface area contributed by atoms with Crippen molar-refractivity contribution in [1.29, 1.82) is 0 Å². The third-order valence-electron chi connectivity index (χ3n) is 2.68. The van der Waals surface area contributed by atoms with Gasteiger partial charge in [0.2, 0.25) is 5.91 Å². The van der Waals surface area contributed by atoms with E-state index in [0.717, 1.165) is 24.2 Å². The maximum Gasteiger partial charge on any atom is 0.238 e. The average molecular weight is 249 g/mol. The summed E-state index contributed by atoms with van der Waals surface area (Å²) in [7, 11) is 1.93. The van der Waals surface area contributed by atoms with Crippen molar-refractivity contribution in [3.8, 4) is 0 Å². The van der Waals surface area contributed by atoms with Gasteiger partial charge in [0.25, 0.3) is 0 Å². The van der Waals surface area contributed by atoms with E-state index < -0.39 is 0 Å². The second-order valence-electron chi connectivity index (χ2n) is 4.92. The van der Waals surface area contributed by atoms with Gasteiger partial charge in [-0.3, -0.25) is 9.69 Å². The molecule has 4 heteroatoms. The van der Waals surface area contributed by atoms with Crippen LogP contribution in [-0.2, 0) is 4.79 Å². The van der Waals surface area contributed by atoms with Gasteiger partial charge in [-0.1, -0.05) is 12.1 Å². The molecule has 18 heavy (non-hydrogen) atoms. The Balaban J connectivity index is 2.37. The Hall–Kier alpha value is -1.39. The van der Waals surface area contributed by atoms with Gasteiger partial charge in [0.15, 0.2) is 0 Å². The first-order valence-electron chi connectivity index (χ1n) is 6.28. The van der Waals surface area contributed by atoms with Crippen LogP contribution in [0.15, 0.2) is 24.3 Å². The van der Waals surface area contributed by atoms with Crippen LogP contribution >= 0.6 is 0 Å². The number of carbonyl (C=O) groups excluding carboxylic acids is 1. The Morgan fingerprint density at radius 2 is 2.22 bits per heavy atom. The predicted octanol–water partition coefficient (Wildman–Crippen LogP) is 1.60. The van der Waals surface area contributed by atoms with Crippen LogP contribution in [0.3, 0.4) is 0 Å². The zero-order chi connectivity index (χ0) is 13.5. The van der Waals surface area contributed by atoms with Crippen molar-refractivity contribution in [3.05, 3.63) is 29.8 Å². The van der Waals surface area contributed by atoms with E-state index in [4.69, 9.17) is 5.73 Å². The number of carbonyl (C=O) groups is 1. The number of nitrogens with one attached hydrogen (secondary N) is 1. The minimum Gasteiger partial charge on any atom is -0.328 e.